The molecule has 0 bridgehead atoms. The Bertz CT molecular complexity index is 1630. The molecule has 0 atom stereocenters. The number of nitrogens with zero attached hydrogens (tertiary/aromatic N) is 6. The second kappa shape index (κ2) is 13.6. The van der Waals surface area contributed by atoms with Gasteiger partial charge in [-0.1, -0.05) is 30.3 Å². The van der Waals surface area contributed by atoms with E-state index in [2.05, 4.69) is 39.5 Å². The summed E-state index contributed by atoms with van der Waals surface area (Å²) in [7, 11) is 0. The fourth-order valence-electron chi connectivity index (χ4n) is 6.77. The highest BCUT2D eigenvalue weighted by Gasteiger charge is 2.31. The summed E-state index contributed by atoms with van der Waals surface area (Å²) in [6.45, 7) is 4.07. The third kappa shape index (κ3) is 6.62. The van der Waals surface area contributed by atoms with Gasteiger partial charge in [0.2, 0.25) is 17.7 Å². The summed E-state index contributed by atoms with van der Waals surface area (Å²) in [6, 6.07) is 19.2. The van der Waals surface area contributed by atoms with Gasteiger partial charge in [0.05, 0.1) is 24.2 Å². The van der Waals surface area contributed by atoms with Crippen LogP contribution in [0.2, 0.25) is 0 Å². The van der Waals surface area contributed by atoms with Crippen molar-refractivity contribution in [2.45, 2.75) is 57.1 Å². The third-order valence-corrected chi connectivity index (χ3v) is 9.28. The summed E-state index contributed by atoms with van der Waals surface area (Å²) >= 11 is 0. The number of rotatable bonds is 8. The van der Waals surface area contributed by atoms with E-state index >= 15 is 0 Å². The molecule has 3 aliphatic rings. The maximum absolute atomic E-state index is 14.2. The molecular formula is C34H39F2N7O3. The number of ether oxygens (including phenoxy) is 2. The summed E-state index contributed by atoms with van der Waals surface area (Å²) in [5.74, 6) is 0.700. The Labute approximate surface area is 266 Å². The average Bonchev–Trinajstić information content (AvgIpc) is 3.50. The molecule has 242 valence electrons. The zero-order valence-corrected chi connectivity index (χ0v) is 25.7. The number of nitrogens with one attached hydrogen (secondary N) is 1. The van der Waals surface area contributed by atoms with E-state index in [9.17, 15) is 13.6 Å². The van der Waals surface area contributed by atoms with Crippen LogP contribution in [0.1, 0.15) is 50.8 Å². The minimum absolute atomic E-state index is 0.0530. The highest BCUT2D eigenvalue weighted by Crippen LogP contribution is 2.32. The molecule has 7 rings (SSSR count). The van der Waals surface area contributed by atoms with E-state index in [1.54, 1.807) is 30.3 Å². The second-order valence-corrected chi connectivity index (χ2v) is 12.3. The highest BCUT2D eigenvalue weighted by molar-refractivity contribution is 5.79. The van der Waals surface area contributed by atoms with Gasteiger partial charge in [-0.05, 0) is 62.8 Å². The van der Waals surface area contributed by atoms with Gasteiger partial charge in [0.1, 0.15) is 11.9 Å². The molecule has 2 saturated heterocycles. The van der Waals surface area contributed by atoms with Crippen LogP contribution in [-0.4, -0.2) is 77.0 Å². The SMILES string of the molecule is O=C(NC1CCN(c2ccccc2)CC1)[C@H]1CC[C@H](Oc2cc(-n3c(C(F)F)nc4ccccc43)nc(N3CCOCC3)n2)CC1. The predicted molar refractivity (Wildman–Crippen MR) is 171 cm³/mol. The highest BCUT2D eigenvalue weighted by atomic mass is 19.3. The Kier molecular flexibility index (Phi) is 8.96. The van der Waals surface area contributed by atoms with Crippen molar-refractivity contribution in [2.75, 3.05) is 49.2 Å². The fraction of sp³-hybridized carbons (Fsp3) is 0.471. The largest absolute Gasteiger partial charge is 0.474 e. The summed E-state index contributed by atoms with van der Waals surface area (Å²) in [4.78, 5) is 31.2. The van der Waals surface area contributed by atoms with Crippen molar-refractivity contribution in [2.24, 2.45) is 5.92 Å². The molecule has 2 aromatic heterocycles. The lowest BCUT2D eigenvalue weighted by molar-refractivity contribution is -0.127. The number of imidazole rings is 1. The van der Waals surface area contributed by atoms with Gasteiger partial charge in [-0.25, -0.2) is 13.8 Å². The first-order valence-electron chi connectivity index (χ1n) is 16.3. The molecule has 0 spiro atoms. The van der Waals surface area contributed by atoms with Gasteiger partial charge < -0.3 is 24.6 Å². The molecule has 1 amide bonds. The van der Waals surface area contributed by atoms with Gasteiger partial charge in [0.25, 0.3) is 6.43 Å². The van der Waals surface area contributed by atoms with E-state index < -0.39 is 6.43 Å². The number of amides is 1. The molecule has 46 heavy (non-hydrogen) atoms. The number of hydrogen-bond donors (Lipinski definition) is 1. The number of benzene rings is 2. The number of alkyl halides is 2. The first-order chi connectivity index (χ1) is 22.5. The van der Waals surface area contributed by atoms with Gasteiger partial charge in [-0.15, -0.1) is 0 Å². The molecule has 4 aromatic rings. The number of halogens is 2. The average molecular weight is 632 g/mol. The van der Waals surface area contributed by atoms with E-state index in [0.29, 0.717) is 62.0 Å². The Morgan fingerprint density at radius 2 is 1.57 bits per heavy atom. The van der Waals surface area contributed by atoms with Crippen molar-refractivity contribution < 1.29 is 23.0 Å². The van der Waals surface area contributed by atoms with Crippen molar-refractivity contribution >= 4 is 28.6 Å². The van der Waals surface area contributed by atoms with Crippen molar-refractivity contribution in [1.82, 2.24) is 24.8 Å². The monoisotopic (exact) mass is 631 g/mol. The van der Waals surface area contributed by atoms with Gasteiger partial charge in [-0.3, -0.25) is 9.36 Å². The number of fused-ring (bicyclic) bond motifs is 1. The van der Waals surface area contributed by atoms with Crippen molar-refractivity contribution in [3.05, 3.63) is 66.5 Å². The lowest BCUT2D eigenvalue weighted by atomic mass is 9.86. The topological polar surface area (TPSA) is 97.6 Å². The van der Waals surface area contributed by atoms with Gasteiger partial charge >= 0.3 is 0 Å². The van der Waals surface area contributed by atoms with E-state index in [4.69, 9.17) is 19.4 Å². The molecule has 3 fully saturated rings. The van der Waals surface area contributed by atoms with Crippen LogP contribution in [0.25, 0.3) is 16.9 Å². The number of carbonyl (C=O) groups is 1. The predicted octanol–water partition coefficient (Wildman–Crippen LogP) is 5.31. The number of piperidine rings is 1. The van der Waals surface area contributed by atoms with Crippen LogP contribution in [0.15, 0.2) is 60.7 Å². The third-order valence-electron chi connectivity index (χ3n) is 9.28. The molecular weight excluding hydrogens is 592 g/mol. The normalized spacial score (nSPS) is 21.1. The Balaban J connectivity index is 1.02. The lowest BCUT2D eigenvalue weighted by Crippen LogP contribution is -2.47. The minimum Gasteiger partial charge on any atom is -0.474 e. The van der Waals surface area contributed by atoms with Gasteiger partial charge in [-0.2, -0.15) is 9.97 Å². The van der Waals surface area contributed by atoms with Crippen LogP contribution >= 0.6 is 0 Å². The van der Waals surface area contributed by atoms with Crippen LogP contribution in [-0.2, 0) is 9.53 Å². The molecule has 12 heteroatoms. The number of para-hydroxylation sites is 3. The lowest BCUT2D eigenvalue weighted by Gasteiger charge is -2.35. The van der Waals surface area contributed by atoms with Crippen LogP contribution in [0.3, 0.4) is 0 Å². The van der Waals surface area contributed by atoms with Gasteiger partial charge in [0.15, 0.2) is 5.82 Å². The van der Waals surface area contributed by atoms with Crippen LogP contribution in [0.4, 0.5) is 20.4 Å². The van der Waals surface area contributed by atoms with E-state index in [0.717, 1.165) is 38.8 Å². The number of anilines is 2. The molecule has 0 radical (unpaired) electrons. The number of morpholine rings is 1. The van der Waals surface area contributed by atoms with Crippen molar-refractivity contribution in [1.29, 1.82) is 0 Å². The van der Waals surface area contributed by atoms with E-state index in [-0.39, 0.29) is 35.6 Å². The van der Waals surface area contributed by atoms with E-state index in [1.165, 1.54) is 10.3 Å². The minimum atomic E-state index is -2.79. The molecule has 10 nitrogen and oxygen atoms in total. The number of carbonyl (C=O) groups excluding carboxylic acids is 1. The zero-order valence-electron chi connectivity index (χ0n) is 25.7. The summed E-state index contributed by atoms with van der Waals surface area (Å²) in [6.07, 6.45) is 1.76. The second-order valence-electron chi connectivity index (χ2n) is 12.3. The first-order valence-corrected chi connectivity index (χ1v) is 16.3. The van der Waals surface area contributed by atoms with E-state index in [1.807, 2.05) is 11.0 Å². The summed E-state index contributed by atoms with van der Waals surface area (Å²) in [5, 5.41) is 3.31. The Hall–Kier alpha value is -4.32. The van der Waals surface area contributed by atoms with Crippen LogP contribution < -0.4 is 19.9 Å². The summed E-state index contributed by atoms with van der Waals surface area (Å²) < 4.78 is 41.7. The zero-order chi connectivity index (χ0) is 31.5. The molecule has 1 aliphatic carbocycles. The summed E-state index contributed by atoms with van der Waals surface area (Å²) in [5.41, 5.74) is 2.23. The number of hydrogen-bond acceptors (Lipinski definition) is 8. The van der Waals surface area contributed by atoms with Gasteiger partial charge in [0, 0.05) is 49.9 Å². The Morgan fingerprint density at radius 3 is 2.30 bits per heavy atom. The molecule has 0 unspecified atom stereocenters. The molecule has 2 aromatic carbocycles. The van der Waals surface area contributed by atoms with Crippen molar-refractivity contribution in [3.8, 4) is 11.7 Å². The molecule has 2 aliphatic heterocycles. The van der Waals surface area contributed by atoms with Crippen LogP contribution in [0, 0.1) is 5.92 Å². The maximum Gasteiger partial charge on any atom is 0.296 e. The quantitative estimate of drug-likeness (QED) is 0.280. The molecule has 1 N–H and O–H groups in total. The fourth-order valence-corrected chi connectivity index (χ4v) is 6.77. The smallest absolute Gasteiger partial charge is 0.296 e. The van der Waals surface area contributed by atoms with Crippen LogP contribution in [0.5, 0.6) is 5.88 Å². The molecule has 1 saturated carbocycles. The van der Waals surface area contributed by atoms with Crippen molar-refractivity contribution in [3.63, 3.8) is 0 Å². The number of aromatic nitrogens is 4. The standard InChI is InChI=1S/C34H39F2N7O3/c35-31(36)32-38-27-8-4-5-9-28(27)43(32)29-22-30(40-34(39-29)42-18-20-45-21-19-42)46-26-12-10-23(11-13-26)33(44)37-24-14-16-41(17-15-24)25-6-2-1-3-7-25/h1-9,22-24,26,31H,10-21H2,(H,37,44)/t23-,26-. The Morgan fingerprint density at radius 1 is 0.848 bits per heavy atom. The molecule has 4 heterocycles. The maximum atomic E-state index is 14.2. The first kappa shape index (κ1) is 30.3.